The highest BCUT2D eigenvalue weighted by Gasteiger charge is 2.31. The second kappa shape index (κ2) is 4.96. The van der Waals surface area contributed by atoms with E-state index in [2.05, 4.69) is 11.0 Å². The van der Waals surface area contributed by atoms with Gasteiger partial charge in [0.2, 0.25) is 0 Å². The molecule has 2 aliphatic rings. The standard InChI is InChI=1S/C12H20N2O/c13-9-10-5-7-14(8-6-10)11-3-1-2-4-12(11)15/h10-12,15H,1-8H2/t11-,12-/m0/s1. The zero-order chi connectivity index (χ0) is 10.7. The minimum Gasteiger partial charge on any atom is -0.391 e. The summed E-state index contributed by atoms with van der Waals surface area (Å²) in [5.74, 6) is 0.252. The molecule has 1 heterocycles. The molecule has 0 amide bonds. The monoisotopic (exact) mass is 208 g/mol. The lowest BCUT2D eigenvalue weighted by atomic mass is 9.88. The number of hydrogen-bond acceptors (Lipinski definition) is 3. The first-order valence-corrected chi connectivity index (χ1v) is 6.13. The summed E-state index contributed by atoms with van der Waals surface area (Å²) in [5, 5.41) is 18.8. The fourth-order valence-corrected chi connectivity index (χ4v) is 2.88. The zero-order valence-electron chi connectivity index (χ0n) is 9.23. The highest BCUT2D eigenvalue weighted by atomic mass is 16.3. The van der Waals surface area contributed by atoms with Crippen molar-refractivity contribution in [1.29, 1.82) is 5.26 Å². The molecule has 1 aliphatic carbocycles. The Morgan fingerprint density at radius 2 is 1.73 bits per heavy atom. The second-order valence-electron chi connectivity index (χ2n) is 4.86. The molecule has 1 aliphatic heterocycles. The van der Waals surface area contributed by atoms with E-state index in [4.69, 9.17) is 5.26 Å². The lowest BCUT2D eigenvalue weighted by Crippen LogP contribution is -2.48. The number of aliphatic hydroxyl groups is 1. The SMILES string of the molecule is N#CC1CCN([C@H]2CCCC[C@@H]2O)CC1. The Morgan fingerprint density at radius 3 is 2.33 bits per heavy atom. The molecule has 0 bridgehead atoms. The fourth-order valence-electron chi connectivity index (χ4n) is 2.88. The maximum absolute atomic E-state index is 9.94. The Bertz CT molecular complexity index is 240. The van der Waals surface area contributed by atoms with Gasteiger partial charge in [-0.3, -0.25) is 4.90 Å². The molecule has 3 nitrogen and oxygen atoms in total. The number of likely N-dealkylation sites (tertiary alicyclic amines) is 1. The molecule has 1 N–H and O–H groups in total. The van der Waals surface area contributed by atoms with Crippen LogP contribution in [0.2, 0.25) is 0 Å². The summed E-state index contributed by atoms with van der Waals surface area (Å²) in [7, 11) is 0. The van der Waals surface area contributed by atoms with Crippen molar-refractivity contribution >= 4 is 0 Å². The van der Waals surface area contributed by atoms with Crippen molar-refractivity contribution in [3.05, 3.63) is 0 Å². The van der Waals surface area contributed by atoms with Crippen LogP contribution in [0.25, 0.3) is 0 Å². The van der Waals surface area contributed by atoms with Crippen LogP contribution in [-0.2, 0) is 0 Å². The average Bonchev–Trinajstić information content (AvgIpc) is 2.30. The first-order valence-electron chi connectivity index (χ1n) is 6.13. The normalized spacial score (nSPS) is 34.9. The predicted octanol–water partition coefficient (Wildman–Crippen LogP) is 1.53. The molecule has 3 heteroatoms. The molecular weight excluding hydrogens is 188 g/mol. The van der Waals surface area contributed by atoms with Crippen molar-refractivity contribution < 1.29 is 5.11 Å². The van der Waals surface area contributed by atoms with E-state index in [0.717, 1.165) is 38.8 Å². The molecule has 84 valence electrons. The molecule has 2 atom stereocenters. The van der Waals surface area contributed by atoms with E-state index in [0.29, 0.717) is 6.04 Å². The van der Waals surface area contributed by atoms with Gasteiger partial charge in [0.15, 0.2) is 0 Å². The van der Waals surface area contributed by atoms with Crippen LogP contribution in [0.15, 0.2) is 0 Å². The molecule has 0 radical (unpaired) electrons. The largest absolute Gasteiger partial charge is 0.391 e. The number of nitriles is 1. The third-order valence-electron chi connectivity index (χ3n) is 3.88. The summed E-state index contributed by atoms with van der Waals surface area (Å²) in [6.45, 7) is 2.00. The van der Waals surface area contributed by atoms with Crippen LogP contribution in [-0.4, -0.2) is 35.2 Å². The molecule has 2 rings (SSSR count). The zero-order valence-corrected chi connectivity index (χ0v) is 9.23. The van der Waals surface area contributed by atoms with E-state index in [1.54, 1.807) is 0 Å². The van der Waals surface area contributed by atoms with Gasteiger partial charge < -0.3 is 5.11 Å². The lowest BCUT2D eigenvalue weighted by molar-refractivity contribution is 0.00742. The van der Waals surface area contributed by atoms with Crippen molar-refractivity contribution in [3.63, 3.8) is 0 Å². The van der Waals surface area contributed by atoms with E-state index in [-0.39, 0.29) is 12.0 Å². The van der Waals surface area contributed by atoms with Crippen molar-refractivity contribution in [2.24, 2.45) is 5.92 Å². The summed E-state index contributed by atoms with van der Waals surface area (Å²) in [6.07, 6.45) is 6.37. The van der Waals surface area contributed by atoms with Crippen molar-refractivity contribution in [3.8, 4) is 6.07 Å². The lowest BCUT2D eigenvalue weighted by Gasteiger charge is -2.40. The second-order valence-corrected chi connectivity index (χ2v) is 4.86. The number of piperidine rings is 1. The summed E-state index contributed by atoms with van der Waals surface area (Å²) in [6, 6.07) is 2.72. The molecule has 0 unspecified atom stereocenters. The highest BCUT2D eigenvalue weighted by molar-refractivity contribution is 4.91. The van der Waals surface area contributed by atoms with Crippen LogP contribution in [0.4, 0.5) is 0 Å². The Hall–Kier alpha value is -0.590. The van der Waals surface area contributed by atoms with Gasteiger partial charge in [0, 0.05) is 12.0 Å². The Labute approximate surface area is 91.7 Å². The van der Waals surface area contributed by atoms with Gasteiger partial charge >= 0.3 is 0 Å². The molecule has 0 aromatic rings. The van der Waals surface area contributed by atoms with E-state index in [9.17, 15) is 5.11 Å². The van der Waals surface area contributed by atoms with Gasteiger partial charge in [-0.2, -0.15) is 5.26 Å². The molecule has 2 fully saturated rings. The van der Waals surface area contributed by atoms with Crippen molar-refractivity contribution in [2.45, 2.75) is 50.7 Å². The van der Waals surface area contributed by atoms with Crippen LogP contribution in [0, 0.1) is 17.2 Å². The third kappa shape index (κ3) is 2.50. The Balaban J connectivity index is 1.86. The van der Waals surface area contributed by atoms with Gasteiger partial charge in [-0.25, -0.2) is 0 Å². The summed E-state index contributed by atoms with van der Waals surface area (Å²) >= 11 is 0. The summed E-state index contributed by atoms with van der Waals surface area (Å²) in [5.41, 5.74) is 0. The van der Waals surface area contributed by atoms with Crippen LogP contribution >= 0.6 is 0 Å². The summed E-state index contributed by atoms with van der Waals surface area (Å²) in [4.78, 5) is 2.40. The molecule has 1 saturated carbocycles. The first-order chi connectivity index (χ1) is 7.31. The van der Waals surface area contributed by atoms with Gasteiger partial charge in [0.25, 0.3) is 0 Å². The molecule has 0 aromatic carbocycles. The number of hydrogen-bond donors (Lipinski definition) is 1. The van der Waals surface area contributed by atoms with E-state index in [1.807, 2.05) is 0 Å². The molecule has 0 aromatic heterocycles. The number of aliphatic hydroxyl groups excluding tert-OH is 1. The Kier molecular flexibility index (Phi) is 3.61. The smallest absolute Gasteiger partial charge is 0.0695 e. The van der Waals surface area contributed by atoms with Crippen molar-refractivity contribution in [1.82, 2.24) is 4.90 Å². The van der Waals surface area contributed by atoms with E-state index >= 15 is 0 Å². The minimum absolute atomic E-state index is 0.127. The van der Waals surface area contributed by atoms with Gasteiger partial charge in [0.05, 0.1) is 12.2 Å². The van der Waals surface area contributed by atoms with Crippen LogP contribution in [0.3, 0.4) is 0 Å². The molecule has 1 saturated heterocycles. The van der Waals surface area contributed by atoms with Crippen molar-refractivity contribution in [2.75, 3.05) is 13.1 Å². The van der Waals surface area contributed by atoms with Gasteiger partial charge in [-0.05, 0) is 38.8 Å². The minimum atomic E-state index is -0.127. The first kappa shape index (κ1) is 10.9. The molecular formula is C12H20N2O. The number of nitrogens with zero attached hydrogens (tertiary/aromatic N) is 2. The van der Waals surface area contributed by atoms with Gasteiger partial charge in [0.1, 0.15) is 0 Å². The van der Waals surface area contributed by atoms with Crippen LogP contribution < -0.4 is 0 Å². The predicted molar refractivity (Wildman–Crippen MR) is 58.2 cm³/mol. The van der Waals surface area contributed by atoms with Crippen LogP contribution in [0.5, 0.6) is 0 Å². The van der Waals surface area contributed by atoms with Gasteiger partial charge in [-0.1, -0.05) is 12.8 Å². The topological polar surface area (TPSA) is 47.3 Å². The molecule has 15 heavy (non-hydrogen) atoms. The van der Waals surface area contributed by atoms with Crippen LogP contribution in [0.1, 0.15) is 38.5 Å². The fraction of sp³-hybridized carbons (Fsp3) is 0.917. The molecule has 0 spiro atoms. The Morgan fingerprint density at radius 1 is 1.07 bits per heavy atom. The van der Waals surface area contributed by atoms with E-state index < -0.39 is 0 Å². The quantitative estimate of drug-likeness (QED) is 0.711. The summed E-state index contributed by atoms with van der Waals surface area (Å²) < 4.78 is 0. The highest BCUT2D eigenvalue weighted by Crippen LogP contribution is 2.27. The third-order valence-corrected chi connectivity index (χ3v) is 3.88. The van der Waals surface area contributed by atoms with Gasteiger partial charge in [-0.15, -0.1) is 0 Å². The maximum Gasteiger partial charge on any atom is 0.0695 e. The van der Waals surface area contributed by atoms with E-state index in [1.165, 1.54) is 12.8 Å². The maximum atomic E-state index is 9.94. The number of rotatable bonds is 1. The average molecular weight is 208 g/mol.